The third-order valence-electron chi connectivity index (χ3n) is 3.55. The van der Waals surface area contributed by atoms with Crippen molar-refractivity contribution in [2.45, 2.75) is 20.0 Å². The number of nitrogens with one attached hydrogen (secondary N) is 2. The van der Waals surface area contributed by atoms with Crippen LogP contribution in [0.2, 0.25) is 5.02 Å². The van der Waals surface area contributed by atoms with E-state index in [4.69, 9.17) is 21.1 Å². The Morgan fingerprint density at radius 2 is 1.86 bits per heavy atom. The second kappa shape index (κ2) is 9.56. The molecule has 1 atom stereocenters. The van der Waals surface area contributed by atoms with Gasteiger partial charge < -0.3 is 9.47 Å². The average molecular weight is 408 g/mol. The van der Waals surface area contributed by atoms with Crippen molar-refractivity contribution in [3.63, 3.8) is 0 Å². The third-order valence-corrected chi connectivity index (χ3v) is 3.79. The molecule has 0 saturated carbocycles. The zero-order valence-corrected chi connectivity index (χ0v) is 15.9. The Morgan fingerprint density at radius 1 is 1.18 bits per heavy atom. The van der Waals surface area contributed by atoms with Gasteiger partial charge in [-0.25, -0.2) is 0 Å². The molecule has 28 heavy (non-hydrogen) atoms. The van der Waals surface area contributed by atoms with E-state index in [-0.39, 0.29) is 18.0 Å². The summed E-state index contributed by atoms with van der Waals surface area (Å²) in [6.45, 7) is 2.95. The number of ether oxygens (including phenoxy) is 2. The lowest BCUT2D eigenvalue weighted by Gasteiger charge is -2.15. The molecule has 0 aliphatic rings. The van der Waals surface area contributed by atoms with E-state index >= 15 is 0 Å². The summed E-state index contributed by atoms with van der Waals surface area (Å²) in [4.78, 5) is 33.9. The van der Waals surface area contributed by atoms with Crippen molar-refractivity contribution >= 4 is 29.1 Å². The Labute approximate surface area is 165 Å². The molecule has 0 heterocycles. The molecule has 2 aromatic rings. The van der Waals surface area contributed by atoms with E-state index in [2.05, 4.69) is 10.9 Å². The Balaban J connectivity index is 1.77. The van der Waals surface area contributed by atoms with Crippen LogP contribution in [0.25, 0.3) is 0 Å². The van der Waals surface area contributed by atoms with Gasteiger partial charge in [0.2, 0.25) is 0 Å². The lowest BCUT2D eigenvalue weighted by molar-refractivity contribution is -0.384. The number of rotatable bonds is 7. The van der Waals surface area contributed by atoms with Crippen LogP contribution in [0.4, 0.5) is 5.69 Å². The molecular weight excluding hydrogens is 390 g/mol. The van der Waals surface area contributed by atoms with Crippen molar-refractivity contribution in [2.75, 3.05) is 6.61 Å². The van der Waals surface area contributed by atoms with E-state index in [9.17, 15) is 19.7 Å². The van der Waals surface area contributed by atoms with Crippen molar-refractivity contribution < 1.29 is 24.0 Å². The summed E-state index contributed by atoms with van der Waals surface area (Å²) < 4.78 is 10.7. The first-order valence-electron chi connectivity index (χ1n) is 8.15. The molecule has 0 radical (unpaired) electrons. The van der Waals surface area contributed by atoms with Gasteiger partial charge in [0, 0.05) is 17.2 Å². The molecule has 0 aliphatic carbocycles. The molecule has 0 bridgehead atoms. The van der Waals surface area contributed by atoms with Crippen LogP contribution in [0.15, 0.2) is 42.5 Å². The van der Waals surface area contributed by atoms with Crippen molar-refractivity contribution in [1.82, 2.24) is 10.9 Å². The molecule has 10 heteroatoms. The number of hydrazine groups is 1. The number of carbonyl (C=O) groups excluding carboxylic acids is 2. The van der Waals surface area contributed by atoms with Gasteiger partial charge in [-0.1, -0.05) is 11.6 Å². The standard InChI is InChI=1S/C18H18ClN3O6/c1-11-9-13(19)3-8-16(11)27-10-17(23)20-21-18(24)12(2)28-15-6-4-14(5-7-15)22(25)26/h3-9,12H,10H2,1-2H3,(H,20,23)(H,21,24). The lowest BCUT2D eigenvalue weighted by atomic mass is 10.2. The summed E-state index contributed by atoms with van der Waals surface area (Å²) in [6, 6.07) is 10.3. The molecule has 1 unspecified atom stereocenters. The Bertz CT molecular complexity index is 872. The Kier molecular flexibility index (Phi) is 7.16. The molecule has 0 saturated heterocycles. The summed E-state index contributed by atoms with van der Waals surface area (Å²) in [5.74, 6) is -0.388. The minimum atomic E-state index is -0.943. The van der Waals surface area contributed by atoms with Crippen LogP contribution in [-0.2, 0) is 9.59 Å². The number of benzene rings is 2. The predicted molar refractivity (Wildman–Crippen MR) is 101 cm³/mol. The van der Waals surface area contributed by atoms with E-state index < -0.39 is 22.8 Å². The first-order chi connectivity index (χ1) is 13.3. The van der Waals surface area contributed by atoms with Crippen LogP contribution in [0.5, 0.6) is 11.5 Å². The van der Waals surface area contributed by atoms with Gasteiger partial charge in [0.05, 0.1) is 4.92 Å². The van der Waals surface area contributed by atoms with Gasteiger partial charge in [0.15, 0.2) is 12.7 Å². The summed E-state index contributed by atoms with van der Waals surface area (Å²) in [6.07, 6.45) is -0.943. The zero-order valence-electron chi connectivity index (χ0n) is 15.1. The highest BCUT2D eigenvalue weighted by Gasteiger charge is 2.16. The normalized spacial score (nSPS) is 11.2. The fraction of sp³-hybridized carbons (Fsp3) is 0.222. The van der Waals surface area contributed by atoms with Crippen LogP contribution >= 0.6 is 11.6 Å². The van der Waals surface area contributed by atoms with Gasteiger partial charge in [0.25, 0.3) is 17.5 Å². The van der Waals surface area contributed by atoms with Gasteiger partial charge in [0.1, 0.15) is 11.5 Å². The van der Waals surface area contributed by atoms with Gasteiger partial charge in [-0.15, -0.1) is 0 Å². The number of halogens is 1. The SMILES string of the molecule is Cc1cc(Cl)ccc1OCC(=O)NNC(=O)C(C)Oc1ccc([N+](=O)[O-])cc1. The number of amides is 2. The second-order valence-electron chi connectivity index (χ2n) is 5.75. The number of non-ortho nitro benzene ring substituents is 1. The van der Waals surface area contributed by atoms with Crippen LogP contribution < -0.4 is 20.3 Å². The number of nitrogens with zero attached hydrogens (tertiary/aromatic N) is 1. The van der Waals surface area contributed by atoms with Gasteiger partial charge in [-0.3, -0.25) is 30.6 Å². The fourth-order valence-electron chi connectivity index (χ4n) is 2.09. The topological polar surface area (TPSA) is 120 Å². The zero-order chi connectivity index (χ0) is 20.7. The summed E-state index contributed by atoms with van der Waals surface area (Å²) in [7, 11) is 0. The molecule has 2 aromatic carbocycles. The van der Waals surface area contributed by atoms with Gasteiger partial charge >= 0.3 is 0 Å². The minimum absolute atomic E-state index is 0.0901. The first-order valence-corrected chi connectivity index (χ1v) is 8.53. The van der Waals surface area contributed by atoms with Crippen LogP contribution in [0.1, 0.15) is 12.5 Å². The number of nitro benzene ring substituents is 1. The maximum Gasteiger partial charge on any atom is 0.279 e. The minimum Gasteiger partial charge on any atom is -0.483 e. The molecule has 2 amide bonds. The maximum absolute atomic E-state index is 12.0. The maximum atomic E-state index is 12.0. The number of nitro groups is 1. The lowest BCUT2D eigenvalue weighted by Crippen LogP contribution is -2.48. The molecular formula is C18H18ClN3O6. The number of hydrogen-bond acceptors (Lipinski definition) is 6. The quantitative estimate of drug-likeness (QED) is 0.537. The number of hydrogen-bond donors (Lipinski definition) is 2. The van der Waals surface area contributed by atoms with Gasteiger partial charge in [-0.05, 0) is 49.7 Å². The van der Waals surface area contributed by atoms with E-state index in [1.807, 2.05) is 0 Å². The second-order valence-corrected chi connectivity index (χ2v) is 6.18. The highest BCUT2D eigenvalue weighted by atomic mass is 35.5. The van der Waals surface area contributed by atoms with E-state index in [1.165, 1.54) is 31.2 Å². The Morgan fingerprint density at radius 3 is 2.46 bits per heavy atom. The average Bonchev–Trinajstić information content (AvgIpc) is 2.65. The highest BCUT2D eigenvalue weighted by Crippen LogP contribution is 2.21. The van der Waals surface area contributed by atoms with Crippen molar-refractivity contribution in [3.8, 4) is 11.5 Å². The summed E-state index contributed by atoms with van der Waals surface area (Å²) >= 11 is 5.85. The fourth-order valence-corrected chi connectivity index (χ4v) is 2.32. The summed E-state index contributed by atoms with van der Waals surface area (Å²) in [5, 5.41) is 11.2. The predicted octanol–water partition coefficient (Wildman–Crippen LogP) is 2.55. The van der Waals surface area contributed by atoms with Gasteiger partial charge in [-0.2, -0.15) is 0 Å². The molecule has 0 fully saturated rings. The molecule has 0 aromatic heterocycles. The molecule has 2 rings (SSSR count). The number of carbonyl (C=O) groups is 2. The molecule has 9 nitrogen and oxygen atoms in total. The van der Waals surface area contributed by atoms with E-state index in [0.29, 0.717) is 10.8 Å². The molecule has 2 N–H and O–H groups in total. The monoisotopic (exact) mass is 407 g/mol. The van der Waals surface area contributed by atoms with E-state index in [1.54, 1.807) is 25.1 Å². The van der Waals surface area contributed by atoms with Crippen LogP contribution in [-0.4, -0.2) is 29.4 Å². The smallest absolute Gasteiger partial charge is 0.279 e. The summed E-state index contributed by atoms with van der Waals surface area (Å²) in [5.41, 5.74) is 5.12. The Hall–Kier alpha value is -3.33. The van der Waals surface area contributed by atoms with Crippen molar-refractivity contribution in [2.24, 2.45) is 0 Å². The van der Waals surface area contributed by atoms with Crippen molar-refractivity contribution in [1.29, 1.82) is 0 Å². The number of aryl methyl sites for hydroxylation is 1. The first kappa shape index (κ1) is 21.0. The van der Waals surface area contributed by atoms with E-state index in [0.717, 1.165) is 5.56 Å². The highest BCUT2D eigenvalue weighted by molar-refractivity contribution is 6.30. The molecule has 0 spiro atoms. The molecule has 0 aliphatic heterocycles. The van der Waals surface area contributed by atoms with Crippen LogP contribution in [0.3, 0.4) is 0 Å². The largest absolute Gasteiger partial charge is 0.483 e. The van der Waals surface area contributed by atoms with Crippen molar-refractivity contribution in [3.05, 3.63) is 63.2 Å². The molecule has 148 valence electrons. The van der Waals surface area contributed by atoms with Crippen LogP contribution in [0, 0.1) is 17.0 Å². The third kappa shape index (κ3) is 6.13.